The van der Waals surface area contributed by atoms with Crippen molar-refractivity contribution in [3.8, 4) is 22.6 Å². The highest BCUT2D eigenvalue weighted by molar-refractivity contribution is 7.43. The average Bonchev–Trinajstić information content (AvgIpc) is 2.68. The Balaban J connectivity index is 2.07. The molecule has 0 heterocycles. The number of nitrogens with zero attached hydrogens (tertiary/aromatic N) is 1. The highest BCUT2D eigenvalue weighted by atomic mass is 31.2. The second-order valence-corrected chi connectivity index (χ2v) is 8.02. The van der Waals surface area contributed by atoms with Crippen molar-refractivity contribution in [2.24, 2.45) is 0 Å². The van der Waals surface area contributed by atoms with E-state index in [1.54, 1.807) is 24.8 Å². The quantitative estimate of drug-likeness (QED) is 0.460. The lowest BCUT2D eigenvalue weighted by Gasteiger charge is -2.21. The number of rotatable bonds is 4. The average molecular weight is 377 g/mol. The number of hydrogen-bond donors (Lipinski definition) is 2. The van der Waals surface area contributed by atoms with Crippen molar-refractivity contribution in [1.29, 1.82) is 0 Å². The molecule has 4 aromatic rings. The molecule has 1 atom stereocenters. The van der Waals surface area contributed by atoms with Crippen molar-refractivity contribution in [3.63, 3.8) is 0 Å². The van der Waals surface area contributed by atoms with Gasteiger partial charge in [-0.15, -0.1) is 0 Å². The summed E-state index contributed by atoms with van der Waals surface area (Å²) in [5.74, 6) is 0.727. The van der Waals surface area contributed by atoms with Crippen LogP contribution in [0.4, 0.5) is 0 Å². The summed E-state index contributed by atoms with van der Waals surface area (Å²) in [6, 6.07) is 23.3. The summed E-state index contributed by atoms with van der Waals surface area (Å²) in [5, 5.41) is 14.7. The molecule has 0 aliphatic carbocycles. The zero-order valence-corrected chi connectivity index (χ0v) is 16.0. The van der Waals surface area contributed by atoms with E-state index in [0.717, 1.165) is 27.1 Å². The Bertz CT molecular complexity index is 1130. The van der Waals surface area contributed by atoms with Gasteiger partial charge in [-0.1, -0.05) is 60.7 Å². The van der Waals surface area contributed by atoms with Crippen molar-refractivity contribution < 1.29 is 14.5 Å². The Morgan fingerprint density at radius 2 is 1.30 bits per heavy atom. The first kappa shape index (κ1) is 17.7. The standard InChI is InChI=1S/C22H20NO3P/c1-23(2)27(25)26-20-14-12-16-8-4-6-10-18(16)22(20)21-17-9-5-3-7-15(17)11-13-19(21)24/h3-14,24-25H,1-2H3. The minimum absolute atomic E-state index is 0.182. The molecule has 0 spiro atoms. The van der Waals surface area contributed by atoms with Crippen LogP contribution in [-0.4, -0.2) is 28.8 Å². The molecule has 1 unspecified atom stereocenters. The summed E-state index contributed by atoms with van der Waals surface area (Å²) in [6.45, 7) is 0. The molecule has 0 aliphatic rings. The van der Waals surface area contributed by atoms with Gasteiger partial charge >= 0.3 is 8.53 Å². The van der Waals surface area contributed by atoms with Crippen LogP contribution >= 0.6 is 8.53 Å². The second kappa shape index (κ2) is 7.16. The number of hydrogen-bond acceptors (Lipinski definition) is 4. The number of aromatic hydroxyl groups is 1. The fourth-order valence-corrected chi connectivity index (χ4v) is 3.77. The molecule has 27 heavy (non-hydrogen) atoms. The van der Waals surface area contributed by atoms with Gasteiger partial charge in [-0.05, 0) is 47.8 Å². The third-order valence-corrected chi connectivity index (χ3v) is 5.61. The smallest absolute Gasteiger partial charge is 0.317 e. The molecule has 2 N–H and O–H groups in total. The van der Waals surface area contributed by atoms with E-state index >= 15 is 0 Å². The largest absolute Gasteiger partial charge is 0.507 e. The number of phenolic OH excluding ortho intramolecular Hbond substituents is 1. The first-order valence-corrected chi connectivity index (χ1v) is 9.80. The van der Waals surface area contributed by atoms with Gasteiger partial charge in [0.05, 0.1) is 0 Å². The summed E-state index contributed by atoms with van der Waals surface area (Å²) in [6.07, 6.45) is 0. The van der Waals surface area contributed by atoms with Crippen LogP contribution < -0.4 is 4.52 Å². The lowest BCUT2D eigenvalue weighted by molar-refractivity contribution is 0.414. The van der Waals surface area contributed by atoms with E-state index in [4.69, 9.17) is 4.52 Å². The Labute approximate surface area is 159 Å². The molecule has 136 valence electrons. The molecule has 0 saturated heterocycles. The SMILES string of the molecule is CN(C)P(O)Oc1ccc2ccccc2c1-c1c(O)ccc2ccccc12. The van der Waals surface area contributed by atoms with E-state index in [1.165, 1.54) is 0 Å². The second-order valence-electron chi connectivity index (χ2n) is 6.53. The highest BCUT2D eigenvalue weighted by Gasteiger charge is 2.20. The van der Waals surface area contributed by atoms with Crippen LogP contribution in [0.25, 0.3) is 32.7 Å². The highest BCUT2D eigenvalue weighted by Crippen LogP contribution is 2.48. The topological polar surface area (TPSA) is 52.9 Å². The van der Waals surface area contributed by atoms with Crippen LogP contribution in [0.3, 0.4) is 0 Å². The third-order valence-electron chi connectivity index (χ3n) is 4.57. The zero-order valence-electron chi connectivity index (χ0n) is 15.1. The molecule has 0 bridgehead atoms. The third kappa shape index (κ3) is 3.24. The van der Waals surface area contributed by atoms with Gasteiger partial charge in [-0.3, -0.25) is 0 Å². The van der Waals surface area contributed by atoms with Crippen LogP contribution in [0.2, 0.25) is 0 Å². The Kier molecular flexibility index (Phi) is 4.71. The van der Waals surface area contributed by atoms with Crippen LogP contribution in [0, 0.1) is 0 Å². The van der Waals surface area contributed by atoms with Gasteiger partial charge in [0.15, 0.2) is 0 Å². The van der Waals surface area contributed by atoms with Crippen molar-refractivity contribution in [2.75, 3.05) is 14.1 Å². The van der Waals surface area contributed by atoms with E-state index < -0.39 is 8.53 Å². The summed E-state index contributed by atoms with van der Waals surface area (Å²) in [7, 11) is 1.75. The molecule has 4 aromatic carbocycles. The molecule has 4 nitrogen and oxygen atoms in total. The van der Waals surface area contributed by atoms with Crippen molar-refractivity contribution in [1.82, 2.24) is 4.67 Å². The zero-order chi connectivity index (χ0) is 19.0. The molecule has 0 amide bonds. The monoisotopic (exact) mass is 377 g/mol. The summed E-state index contributed by atoms with van der Waals surface area (Å²) in [4.78, 5) is 10.3. The Morgan fingerprint density at radius 1 is 0.741 bits per heavy atom. The predicted molar refractivity (Wildman–Crippen MR) is 112 cm³/mol. The van der Waals surface area contributed by atoms with Gasteiger partial charge in [0, 0.05) is 11.1 Å². The fraction of sp³-hybridized carbons (Fsp3) is 0.0909. The van der Waals surface area contributed by atoms with Gasteiger partial charge < -0.3 is 14.5 Å². The maximum Gasteiger partial charge on any atom is 0.317 e. The van der Waals surface area contributed by atoms with Crippen LogP contribution in [0.5, 0.6) is 11.5 Å². The van der Waals surface area contributed by atoms with Gasteiger partial charge in [-0.25, -0.2) is 4.67 Å². The lowest BCUT2D eigenvalue weighted by Crippen LogP contribution is -2.08. The molecular weight excluding hydrogens is 357 g/mol. The first-order valence-electron chi connectivity index (χ1n) is 8.63. The van der Waals surface area contributed by atoms with Gasteiger partial charge in [0.25, 0.3) is 0 Å². The van der Waals surface area contributed by atoms with Crippen LogP contribution in [-0.2, 0) is 0 Å². The minimum atomic E-state index is -1.78. The maximum atomic E-state index is 10.8. The normalized spacial score (nSPS) is 12.6. The Hall–Kier alpha value is -2.65. The van der Waals surface area contributed by atoms with E-state index in [-0.39, 0.29) is 5.75 Å². The van der Waals surface area contributed by atoms with Crippen molar-refractivity contribution >= 4 is 30.1 Å². The molecule has 4 rings (SSSR count). The molecular formula is C22H20NO3P. The number of benzene rings is 4. The molecule has 0 saturated carbocycles. The van der Waals surface area contributed by atoms with Gasteiger partial charge in [0.2, 0.25) is 0 Å². The summed E-state index contributed by atoms with van der Waals surface area (Å²) >= 11 is 0. The molecule has 0 aliphatic heterocycles. The van der Waals surface area contributed by atoms with E-state index in [9.17, 15) is 10.00 Å². The lowest BCUT2D eigenvalue weighted by atomic mass is 9.92. The molecule has 0 fully saturated rings. The van der Waals surface area contributed by atoms with E-state index in [2.05, 4.69) is 0 Å². The van der Waals surface area contributed by atoms with Crippen molar-refractivity contribution in [3.05, 3.63) is 72.8 Å². The summed E-state index contributed by atoms with van der Waals surface area (Å²) < 4.78 is 7.54. The first-order chi connectivity index (χ1) is 13.1. The maximum absolute atomic E-state index is 10.8. The van der Waals surface area contributed by atoms with Crippen LogP contribution in [0.15, 0.2) is 72.8 Å². The van der Waals surface area contributed by atoms with Gasteiger partial charge in [-0.2, -0.15) is 0 Å². The van der Waals surface area contributed by atoms with Gasteiger partial charge in [0.1, 0.15) is 11.5 Å². The van der Waals surface area contributed by atoms with E-state index in [1.807, 2.05) is 66.7 Å². The molecule has 0 aromatic heterocycles. The Morgan fingerprint density at radius 3 is 1.93 bits per heavy atom. The summed E-state index contributed by atoms with van der Waals surface area (Å²) in [5.41, 5.74) is 1.49. The van der Waals surface area contributed by atoms with Crippen LogP contribution in [0.1, 0.15) is 0 Å². The fourth-order valence-electron chi connectivity index (χ4n) is 3.28. The van der Waals surface area contributed by atoms with Crippen molar-refractivity contribution in [2.45, 2.75) is 0 Å². The minimum Gasteiger partial charge on any atom is -0.507 e. The predicted octanol–water partition coefficient (Wildman–Crippen LogP) is 5.53. The number of phenols is 1. The number of fused-ring (bicyclic) bond motifs is 2. The van der Waals surface area contributed by atoms with E-state index in [0.29, 0.717) is 11.3 Å². The molecule has 0 radical (unpaired) electrons. The molecule has 5 heteroatoms.